The fraction of sp³-hybridized carbons (Fsp3) is 0.474. The highest BCUT2D eigenvalue weighted by atomic mass is 16.5. The van der Waals surface area contributed by atoms with Gasteiger partial charge in [-0.1, -0.05) is 70.0 Å². The highest BCUT2D eigenvalue weighted by Crippen LogP contribution is 2.26. The molecular weight excluding hydrogens is 288 g/mol. The summed E-state index contributed by atoms with van der Waals surface area (Å²) in [5.41, 5.74) is 2.63. The molecule has 1 aromatic heterocycles. The van der Waals surface area contributed by atoms with Crippen LogP contribution in [0.25, 0.3) is 11.3 Å². The lowest BCUT2D eigenvalue weighted by Crippen LogP contribution is -2.24. The average molecular weight is 314 g/mol. The van der Waals surface area contributed by atoms with E-state index in [0.29, 0.717) is 18.0 Å². The highest BCUT2D eigenvalue weighted by molar-refractivity contribution is 5.93. The molecule has 0 aliphatic heterocycles. The van der Waals surface area contributed by atoms with Crippen molar-refractivity contribution in [3.8, 4) is 11.3 Å². The Bertz CT molecular complexity index is 636. The summed E-state index contributed by atoms with van der Waals surface area (Å²) in [5.74, 6) is 0.437. The van der Waals surface area contributed by atoms with Crippen molar-refractivity contribution in [2.45, 2.75) is 52.4 Å². The average Bonchev–Trinajstić information content (AvgIpc) is 3.01. The molecule has 1 heterocycles. The Morgan fingerprint density at radius 1 is 1.17 bits per heavy atom. The number of hydrogen-bond donors (Lipinski definition) is 1. The molecule has 124 valence electrons. The third kappa shape index (κ3) is 4.68. The molecule has 0 fully saturated rings. The van der Waals surface area contributed by atoms with Crippen LogP contribution in [0.3, 0.4) is 0 Å². The number of nitrogens with one attached hydrogen (secondary N) is 1. The number of rotatable bonds is 6. The minimum Gasteiger partial charge on any atom is -0.355 e. The van der Waals surface area contributed by atoms with E-state index < -0.39 is 0 Å². The molecule has 0 atom stereocenters. The van der Waals surface area contributed by atoms with Crippen LogP contribution in [0.15, 0.2) is 34.9 Å². The van der Waals surface area contributed by atoms with E-state index in [-0.39, 0.29) is 11.3 Å². The van der Waals surface area contributed by atoms with Crippen molar-refractivity contribution in [1.82, 2.24) is 10.5 Å². The molecule has 1 N–H and O–H groups in total. The molecule has 0 saturated carbocycles. The Hall–Kier alpha value is -2.10. The van der Waals surface area contributed by atoms with E-state index in [0.717, 1.165) is 24.8 Å². The van der Waals surface area contributed by atoms with Crippen LogP contribution in [-0.2, 0) is 5.41 Å². The molecule has 0 spiro atoms. The third-order valence-corrected chi connectivity index (χ3v) is 3.84. The van der Waals surface area contributed by atoms with E-state index in [1.807, 2.05) is 12.1 Å². The minimum absolute atomic E-state index is 0.115. The summed E-state index contributed by atoms with van der Waals surface area (Å²) in [6.45, 7) is 9.35. The molecule has 0 radical (unpaired) electrons. The first kappa shape index (κ1) is 17.3. The summed E-state index contributed by atoms with van der Waals surface area (Å²) < 4.78 is 5.31. The van der Waals surface area contributed by atoms with Crippen LogP contribution in [0.1, 0.15) is 63.0 Å². The van der Waals surface area contributed by atoms with Gasteiger partial charge in [-0.3, -0.25) is 4.79 Å². The zero-order chi connectivity index (χ0) is 16.9. The van der Waals surface area contributed by atoms with Gasteiger partial charge in [-0.25, -0.2) is 0 Å². The molecule has 0 aliphatic carbocycles. The zero-order valence-corrected chi connectivity index (χ0v) is 14.5. The number of aromatic nitrogens is 1. The van der Waals surface area contributed by atoms with Crippen LogP contribution in [0.2, 0.25) is 0 Å². The van der Waals surface area contributed by atoms with Crippen LogP contribution < -0.4 is 5.32 Å². The van der Waals surface area contributed by atoms with Gasteiger partial charge >= 0.3 is 0 Å². The predicted molar refractivity (Wildman–Crippen MR) is 92.5 cm³/mol. The number of nitrogens with zero attached hydrogens (tertiary/aromatic N) is 1. The van der Waals surface area contributed by atoms with Gasteiger partial charge in [-0.2, -0.15) is 0 Å². The van der Waals surface area contributed by atoms with Crippen LogP contribution in [-0.4, -0.2) is 17.6 Å². The summed E-state index contributed by atoms with van der Waals surface area (Å²) >= 11 is 0. The van der Waals surface area contributed by atoms with Gasteiger partial charge < -0.3 is 9.84 Å². The maximum Gasteiger partial charge on any atom is 0.273 e. The van der Waals surface area contributed by atoms with E-state index in [4.69, 9.17) is 4.52 Å². The lowest BCUT2D eigenvalue weighted by Gasteiger charge is -2.18. The Morgan fingerprint density at radius 3 is 2.48 bits per heavy atom. The van der Waals surface area contributed by atoms with Gasteiger partial charge in [-0.05, 0) is 17.4 Å². The summed E-state index contributed by atoms with van der Waals surface area (Å²) in [6, 6.07) is 9.88. The first-order valence-corrected chi connectivity index (χ1v) is 8.27. The molecule has 0 unspecified atom stereocenters. The van der Waals surface area contributed by atoms with E-state index in [1.54, 1.807) is 6.07 Å². The van der Waals surface area contributed by atoms with Crippen molar-refractivity contribution in [1.29, 1.82) is 0 Å². The van der Waals surface area contributed by atoms with Crippen molar-refractivity contribution in [3.05, 3.63) is 41.6 Å². The Labute approximate surface area is 138 Å². The van der Waals surface area contributed by atoms with Crippen LogP contribution in [0, 0.1) is 0 Å². The molecular formula is C19H26N2O2. The van der Waals surface area contributed by atoms with Crippen LogP contribution in [0.5, 0.6) is 0 Å². The fourth-order valence-electron chi connectivity index (χ4n) is 2.32. The van der Waals surface area contributed by atoms with Gasteiger partial charge in [0.15, 0.2) is 11.5 Å². The van der Waals surface area contributed by atoms with Crippen LogP contribution in [0.4, 0.5) is 0 Å². The quantitative estimate of drug-likeness (QED) is 0.795. The summed E-state index contributed by atoms with van der Waals surface area (Å²) in [4.78, 5) is 12.0. The Balaban J connectivity index is 2.02. The summed E-state index contributed by atoms with van der Waals surface area (Å²) in [6.07, 6.45) is 3.24. The summed E-state index contributed by atoms with van der Waals surface area (Å²) in [7, 11) is 0. The molecule has 0 saturated heterocycles. The van der Waals surface area contributed by atoms with E-state index in [2.05, 4.69) is 50.3 Å². The van der Waals surface area contributed by atoms with Gasteiger partial charge in [0.1, 0.15) is 0 Å². The zero-order valence-electron chi connectivity index (χ0n) is 14.5. The van der Waals surface area contributed by atoms with Crippen molar-refractivity contribution in [2.24, 2.45) is 0 Å². The van der Waals surface area contributed by atoms with Crippen molar-refractivity contribution < 1.29 is 9.32 Å². The SMILES string of the molecule is CCCCCNC(=O)c1cc(-c2ccc(C(C)(C)C)cc2)on1. The maximum absolute atomic E-state index is 12.0. The maximum atomic E-state index is 12.0. The van der Waals surface area contributed by atoms with Gasteiger partial charge in [0.2, 0.25) is 0 Å². The number of carbonyl (C=O) groups is 1. The second-order valence-electron chi connectivity index (χ2n) is 6.87. The van der Waals surface area contributed by atoms with Gasteiger partial charge in [0.25, 0.3) is 5.91 Å². The molecule has 1 amide bonds. The molecule has 4 heteroatoms. The lowest BCUT2D eigenvalue weighted by atomic mass is 9.86. The van der Waals surface area contributed by atoms with Gasteiger partial charge in [-0.15, -0.1) is 0 Å². The number of hydrogen-bond acceptors (Lipinski definition) is 3. The fourth-order valence-corrected chi connectivity index (χ4v) is 2.32. The molecule has 1 aromatic carbocycles. The normalized spacial score (nSPS) is 11.5. The van der Waals surface area contributed by atoms with Crippen molar-refractivity contribution >= 4 is 5.91 Å². The van der Waals surface area contributed by atoms with E-state index in [1.165, 1.54) is 5.56 Å². The van der Waals surface area contributed by atoms with E-state index >= 15 is 0 Å². The molecule has 23 heavy (non-hydrogen) atoms. The minimum atomic E-state index is -0.178. The van der Waals surface area contributed by atoms with E-state index in [9.17, 15) is 4.79 Å². The second kappa shape index (κ2) is 7.44. The monoisotopic (exact) mass is 314 g/mol. The standard InChI is InChI=1S/C19H26N2O2/c1-5-6-7-12-20-18(22)16-13-17(23-21-16)14-8-10-15(11-9-14)19(2,3)4/h8-11,13H,5-7,12H2,1-4H3,(H,20,22). The topological polar surface area (TPSA) is 55.1 Å². The van der Waals surface area contributed by atoms with Crippen molar-refractivity contribution in [3.63, 3.8) is 0 Å². The Morgan fingerprint density at radius 2 is 1.87 bits per heavy atom. The molecule has 2 aromatic rings. The summed E-state index contributed by atoms with van der Waals surface area (Å²) in [5, 5.41) is 6.74. The number of benzene rings is 1. The number of carbonyl (C=O) groups excluding carboxylic acids is 1. The molecule has 4 nitrogen and oxygen atoms in total. The molecule has 0 bridgehead atoms. The smallest absolute Gasteiger partial charge is 0.273 e. The largest absolute Gasteiger partial charge is 0.355 e. The first-order valence-electron chi connectivity index (χ1n) is 8.27. The first-order chi connectivity index (χ1) is 10.9. The van der Waals surface area contributed by atoms with Gasteiger partial charge in [0.05, 0.1) is 0 Å². The Kier molecular flexibility index (Phi) is 5.59. The van der Waals surface area contributed by atoms with Crippen molar-refractivity contribution in [2.75, 3.05) is 6.54 Å². The highest BCUT2D eigenvalue weighted by Gasteiger charge is 2.16. The molecule has 2 rings (SSSR count). The second-order valence-corrected chi connectivity index (χ2v) is 6.87. The number of unbranched alkanes of at least 4 members (excludes halogenated alkanes) is 2. The molecule has 0 aliphatic rings. The predicted octanol–water partition coefficient (Wildman–Crippen LogP) is 4.56. The third-order valence-electron chi connectivity index (χ3n) is 3.84. The van der Waals surface area contributed by atoms with Gasteiger partial charge in [0, 0.05) is 18.2 Å². The lowest BCUT2D eigenvalue weighted by molar-refractivity contribution is 0.0944. The number of amides is 1. The van der Waals surface area contributed by atoms with Crippen LogP contribution >= 0.6 is 0 Å².